The summed E-state index contributed by atoms with van der Waals surface area (Å²) in [5.41, 5.74) is 4.57. The van der Waals surface area contributed by atoms with Crippen molar-refractivity contribution < 1.29 is 35.1 Å². The van der Waals surface area contributed by atoms with Crippen molar-refractivity contribution in [3.63, 3.8) is 0 Å². The quantitative estimate of drug-likeness (QED) is 0.0784. The zero-order chi connectivity index (χ0) is 38.6. The molecule has 5 rings (SSSR count). The van der Waals surface area contributed by atoms with E-state index in [4.69, 9.17) is 4.98 Å². The van der Waals surface area contributed by atoms with Gasteiger partial charge >= 0.3 is 0 Å². The number of allylic oxidation sites excluding steroid dienone is 4. The Bertz CT molecular complexity index is 2110. The van der Waals surface area contributed by atoms with Crippen molar-refractivity contribution in [1.29, 1.82) is 0 Å². The van der Waals surface area contributed by atoms with Crippen molar-refractivity contribution in [3.05, 3.63) is 89.6 Å². The number of rotatable bonds is 11. The van der Waals surface area contributed by atoms with Gasteiger partial charge in [-0.1, -0.05) is 117 Å². The van der Waals surface area contributed by atoms with Gasteiger partial charge in [-0.3, -0.25) is 9.78 Å². The van der Waals surface area contributed by atoms with Crippen molar-refractivity contribution in [2.75, 3.05) is 0 Å². The molecular formula is C46H59IrN2O3S-. The van der Waals surface area contributed by atoms with Gasteiger partial charge in [0.2, 0.25) is 0 Å². The van der Waals surface area contributed by atoms with Gasteiger partial charge in [-0.2, -0.15) is 0 Å². The largest absolute Gasteiger partial charge is 0.512 e. The van der Waals surface area contributed by atoms with Crippen LogP contribution in [0.4, 0.5) is 0 Å². The average molecular weight is 912 g/mol. The van der Waals surface area contributed by atoms with E-state index in [0.29, 0.717) is 18.1 Å². The molecule has 0 aliphatic carbocycles. The van der Waals surface area contributed by atoms with Crippen LogP contribution in [0.25, 0.3) is 47.9 Å². The molecule has 53 heavy (non-hydrogen) atoms. The van der Waals surface area contributed by atoms with E-state index >= 15 is 0 Å². The van der Waals surface area contributed by atoms with Crippen LogP contribution in [0, 0.1) is 22.8 Å². The van der Waals surface area contributed by atoms with E-state index in [1.165, 1.54) is 17.0 Å². The minimum absolute atomic E-state index is 0. The maximum atomic E-state index is 12.2. The number of carbonyl (C=O) groups excluding carboxylic acids is 1. The third kappa shape index (κ3) is 9.65. The van der Waals surface area contributed by atoms with E-state index in [-0.39, 0.29) is 47.9 Å². The van der Waals surface area contributed by atoms with Crippen molar-refractivity contribution in [2.45, 2.75) is 121 Å². The normalized spacial score (nSPS) is 13.2. The standard InChI is InChI=1S/C31H31N2OS.C15H28O2.Ir/c1-18(2)13-26(34)19(3)20-11-12-24-27(16-20)35-30-28(24)29(32-17-33-30)22-14-21-9-7-8-10-23(21)25(15-22)31(4,5)6;1-7-14(5,8-2)12(16)11-13(17)15(6,9-3)10-4;/h7-12,15-18,34H,13H2,1-6H3;11,16H,7-10H2,1-6H3;/q-1;;/b26-19-;12-11-;. The average Bonchev–Trinajstić information content (AvgIpc) is 3.51. The monoisotopic (exact) mass is 912 g/mol. The van der Waals surface area contributed by atoms with Gasteiger partial charge in [0.05, 0.1) is 5.76 Å². The molecule has 2 N–H and O–H groups in total. The molecule has 287 valence electrons. The van der Waals surface area contributed by atoms with Gasteiger partial charge < -0.3 is 10.2 Å². The SMILES string of the molecule is C/C(=C(/O)CC(C)C)c1ccc2c(c1)sc1ncnc(-c3[c-]c4ccccc4c(C(C)(C)C)c3)c12.CCC(C)(CC)C(=O)/C=C(\O)C(C)(CC)CC.[Ir]. The first-order valence-corrected chi connectivity index (χ1v) is 19.7. The van der Waals surface area contributed by atoms with Gasteiger partial charge in [0.15, 0.2) is 5.78 Å². The molecule has 0 bridgehead atoms. The first-order chi connectivity index (χ1) is 24.4. The Morgan fingerprint density at radius 2 is 1.49 bits per heavy atom. The van der Waals surface area contributed by atoms with Crippen molar-refractivity contribution >= 4 is 53.8 Å². The third-order valence-electron chi connectivity index (χ3n) is 11.2. The van der Waals surface area contributed by atoms with E-state index < -0.39 is 0 Å². The van der Waals surface area contributed by atoms with Crippen LogP contribution in [0.15, 0.2) is 72.5 Å². The zero-order valence-corrected chi connectivity index (χ0v) is 37.0. The summed E-state index contributed by atoms with van der Waals surface area (Å²) in [5, 5.41) is 25.3. The Balaban J connectivity index is 0.000000359. The van der Waals surface area contributed by atoms with Gasteiger partial charge in [-0.15, -0.1) is 40.5 Å². The third-order valence-corrected chi connectivity index (χ3v) is 12.2. The Morgan fingerprint density at radius 3 is 2.08 bits per heavy atom. The molecule has 7 heteroatoms. The fourth-order valence-corrected chi connectivity index (χ4v) is 7.50. The molecule has 0 fully saturated rings. The predicted molar refractivity (Wildman–Crippen MR) is 223 cm³/mol. The van der Waals surface area contributed by atoms with Gasteiger partial charge in [0, 0.05) is 59.2 Å². The van der Waals surface area contributed by atoms with Gasteiger partial charge in [0.1, 0.15) is 16.9 Å². The number of hydrogen-bond acceptors (Lipinski definition) is 6. The number of aromatic nitrogens is 2. The summed E-state index contributed by atoms with van der Waals surface area (Å²) >= 11 is 1.67. The summed E-state index contributed by atoms with van der Waals surface area (Å²) in [5.74, 6) is 1.15. The van der Waals surface area contributed by atoms with Crippen molar-refractivity contribution in [2.24, 2.45) is 16.7 Å². The van der Waals surface area contributed by atoms with Crippen molar-refractivity contribution in [3.8, 4) is 11.3 Å². The molecule has 5 nitrogen and oxygen atoms in total. The number of nitrogens with zero attached hydrogens (tertiary/aromatic N) is 2. The maximum Gasteiger partial charge on any atom is 0.164 e. The van der Waals surface area contributed by atoms with Crippen LogP contribution in [0.1, 0.15) is 126 Å². The predicted octanol–water partition coefficient (Wildman–Crippen LogP) is 13.7. The number of benzene rings is 3. The molecule has 5 aromatic rings. The molecule has 0 aliphatic heterocycles. The molecule has 0 unspecified atom stereocenters. The number of aliphatic hydroxyl groups is 2. The molecule has 2 heterocycles. The molecule has 0 saturated heterocycles. The smallest absolute Gasteiger partial charge is 0.164 e. The molecule has 0 spiro atoms. The summed E-state index contributed by atoms with van der Waals surface area (Å²) in [4.78, 5) is 22.5. The summed E-state index contributed by atoms with van der Waals surface area (Å²) in [6, 6.07) is 20.8. The fraction of sp³-hybridized carbons (Fsp3) is 0.457. The second kappa shape index (κ2) is 17.8. The second-order valence-corrected chi connectivity index (χ2v) is 17.2. The summed E-state index contributed by atoms with van der Waals surface area (Å²) in [6.45, 7) is 25.1. The Labute approximate surface area is 335 Å². The van der Waals surface area contributed by atoms with Crippen LogP contribution in [0.3, 0.4) is 0 Å². The first-order valence-electron chi connectivity index (χ1n) is 18.9. The van der Waals surface area contributed by atoms with E-state index in [1.807, 2.05) is 48.5 Å². The molecule has 1 radical (unpaired) electrons. The molecule has 0 amide bonds. The van der Waals surface area contributed by atoms with Crippen molar-refractivity contribution in [1.82, 2.24) is 9.97 Å². The van der Waals surface area contributed by atoms with Crippen LogP contribution >= 0.6 is 11.3 Å². The van der Waals surface area contributed by atoms with Gasteiger partial charge in [-0.05, 0) is 66.5 Å². The molecule has 0 aliphatic rings. The first kappa shape index (κ1) is 44.0. The summed E-state index contributed by atoms with van der Waals surface area (Å²) < 4.78 is 1.15. The molecule has 0 atom stereocenters. The van der Waals surface area contributed by atoms with E-state index in [2.05, 4.69) is 94.2 Å². The number of carbonyl (C=O) groups is 1. The second-order valence-electron chi connectivity index (χ2n) is 16.2. The zero-order valence-electron chi connectivity index (χ0n) is 33.8. The minimum atomic E-state index is -0.337. The molecule has 3 aromatic carbocycles. The Morgan fingerprint density at radius 1 is 0.868 bits per heavy atom. The van der Waals surface area contributed by atoms with E-state index in [9.17, 15) is 15.0 Å². The number of hydrogen-bond donors (Lipinski definition) is 2. The van der Waals surface area contributed by atoms with Crippen LogP contribution in [0.2, 0.25) is 0 Å². The number of aliphatic hydroxyl groups excluding tert-OH is 2. The number of thiophene rings is 1. The van der Waals surface area contributed by atoms with Crippen LogP contribution in [-0.2, 0) is 30.3 Å². The molecule has 0 saturated carbocycles. The summed E-state index contributed by atoms with van der Waals surface area (Å²) in [7, 11) is 0. The Hall–Kier alpha value is -3.38. The van der Waals surface area contributed by atoms with Crippen LogP contribution < -0.4 is 0 Å². The van der Waals surface area contributed by atoms with E-state index in [1.54, 1.807) is 17.7 Å². The fourth-order valence-electron chi connectivity index (χ4n) is 6.41. The number of fused-ring (bicyclic) bond motifs is 4. The topological polar surface area (TPSA) is 83.3 Å². The van der Waals surface area contributed by atoms with Crippen LogP contribution in [0.5, 0.6) is 0 Å². The van der Waals surface area contributed by atoms with Gasteiger partial charge in [-0.25, -0.2) is 4.98 Å². The summed E-state index contributed by atoms with van der Waals surface area (Å²) in [6.07, 6.45) is 7.09. The number of ketones is 1. The molecule has 2 aromatic heterocycles. The van der Waals surface area contributed by atoms with Crippen LogP contribution in [-0.4, -0.2) is 26.0 Å². The molecular weight excluding hydrogens is 853 g/mol. The van der Waals surface area contributed by atoms with E-state index in [0.717, 1.165) is 73.8 Å². The minimum Gasteiger partial charge on any atom is -0.512 e. The Kier molecular flexibility index (Phi) is 14.8. The maximum absolute atomic E-state index is 12.2. The van der Waals surface area contributed by atoms with Gasteiger partial charge in [0.25, 0.3) is 0 Å².